The third-order valence-corrected chi connectivity index (χ3v) is 4.76. The first-order valence-electron chi connectivity index (χ1n) is 8.12. The standard InChI is InChI=1S/C12H14Cl2N2.2C2HF3O2/c13-11-2-1-8(3-12(11)14)6-16-7-9-4-10(16)5-15-9;2*3-2(4,5)1(6)7/h1-3,9-10,15H,4-7H2;2*(H,6,7)/t9-,10-;;/m1../s1. The molecule has 0 aliphatic carbocycles. The number of carboxylic acids is 2. The molecule has 0 spiro atoms. The molecule has 1 aromatic rings. The molecule has 0 aromatic heterocycles. The van der Waals surface area contributed by atoms with E-state index in [0.717, 1.165) is 19.6 Å². The number of aliphatic carboxylic acids is 2. The maximum atomic E-state index is 10.6. The molecule has 14 heteroatoms. The zero-order valence-corrected chi connectivity index (χ0v) is 16.4. The summed E-state index contributed by atoms with van der Waals surface area (Å²) in [6.45, 7) is 3.27. The maximum absolute atomic E-state index is 10.6. The highest BCUT2D eigenvalue weighted by atomic mass is 35.5. The highest BCUT2D eigenvalue weighted by Gasteiger charge is 2.39. The molecule has 2 heterocycles. The van der Waals surface area contributed by atoms with Gasteiger partial charge in [0.2, 0.25) is 0 Å². The number of alkyl halides is 6. The molecular weight excluding hydrogens is 469 g/mol. The first kappa shape index (κ1) is 26.3. The summed E-state index contributed by atoms with van der Waals surface area (Å²) in [5.74, 6) is -5.51. The molecule has 3 rings (SSSR count). The smallest absolute Gasteiger partial charge is 0.475 e. The van der Waals surface area contributed by atoms with Crippen molar-refractivity contribution in [3.05, 3.63) is 33.8 Å². The van der Waals surface area contributed by atoms with E-state index in [4.69, 9.17) is 43.0 Å². The van der Waals surface area contributed by atoms with Gasteiger partial charge in [0.25, 0.3) is 0 Å². The predicted molar refractivity (Wildman–Crippen MR) is 94.4 cm³/mol. The first-order chi connectivity index (χ1) is 13.6. The topological polar surface area (TPSA) is 89.9 Å². The fraction of sp³-hybridized carbons (Fsp3) is 0.500. The summed E-state index contributed by atoms with van der Waals surface area (Å²) in [7, 11) is 0. The Kier molecular flexibility index (Phi) is 9.21. The maximum Gasteiger partial charge on any atom is 0.490 e. The van der Waals surface area contributed by atoms with Crippen molar-refractivity contribution in [2.45, 2.75) is 37.4 Å². The lowest BCUT2D eigenvalue weighted by molar-refractivity contribution is -0.193. The Labute approximate surface area is 176 Å². The molecule has 2 saturated heterocycles. The molecule has 2 aliphatic rings. The van der Waals surface area contributed by atoms with Gasteiger partial charge in [-0.05, 0) is 24.1 Å². The second-order valence-electron chi connectivity index (χ2n) is 6.28. The van der Waals surface area contributed by atoms with Gasteiger partial charge in [0.1, 0.15) is 0 Å². The third-order valence-electron chi connectivity index (χ3n) is 4.02. The molecule has 2 fully saturated rings. The molecule has 170 valence electrons. The number of nitrogens with zero attached hydrogens (tertiary/aromatic N) is 1. The minimum Gasteiger partial charge on any atom is -0.475 e. The number of rotatable bonds is 2. The average molecular weight is 485 g/mol. The number of carbonyl (C=O) groups is 2. The zero-order chi connectivity index (χ0) is 23.3. The van der Waals surface area contributed by atoms with Gasteiger partial charge >= 0.3 is 24.3 Å². The normalized spacial score (nSPS) is 20.7. The fourth-order valence-corrected chi connectivity index (χ4v) is 3.03. The monoisotopic (exact) mass is 484 g/mol. The molecule has 0 unspecified atom stereocenters. The Balaban J connectivity index is 0.000000271. The van der Waals surface area contributed by atoms with Crippen molar-refractivity contribution in [2.75, 3.05) is 13.1 Å². The van der Waals surface area contributed by atoms with Crippen LogP contribution in [-0.4, -0.2) is 64.6 Å². The predicted octanol–water partition coefficient (Wildman–Crippen LogP) is 3.81. The van der Waals surface area contributed by atoms with E-state index in [1.165, 1.54) is 12.0 Å². The van der Waals surface area contributed by atoms with Gasteiger partial charge in [-0.15, -0.1) is 0 Å². The molecule has 1 aromatic carbocycles. The van der Waals surface area contributed by atoms with E-state index in [0.29, 0.717) is 22.1 Å². The van der Waals surface area contributed by atoms with Crippen LogP contribution < -0.4 is 5.32 Å². The highest BCUT2D eigenvalue weighted by Crippen LogP contribution is 2.27. The first-order valence-corrected chi connectivity index (χ1v) is 8.88. The number of likely N-dealkylation sites (tertiary alicyclic amines) is 1. The fourth-order valence-electron chi connectivity index (χ4n) is 2.71. The van der Waals surface area contributed by atoms with Gasteiger partial charge < -0.3 is 15.5 Å². The molecule has 3 N–H and O–H groups in total. The molecule has 0 amide bonds. The molecule has 0 radical (unpaired) electrons. The lowest BCUT2D eigenvalue weighted by Gasteiger charge is -2.27. The SMILES string of the molecule is Clc1ccc(CN2C[C@H]3C[C@@H]2CN3)cc1Cl.O=C(O)C(F)(F)F.O=C(O)C(F)(F)F. The zero-order valence-electron chi connectivity index (χ0n) is 14.9. The number of fused-ring (bicyclic) bond motifs is 2. The molecule has 6 nitrogen and oxygen atoms in total. The van der Waals surface area contributed by atoms with Gasteiger partial charge in [-0.1, -0.05) is 29.3 Å². The van der Waals surface area contributed by atoms with Crippen LogP contribution in [0.4, 0.5) is 26.3 Å². The van der Waals surface area contributed by atoms with Crippen LogP contribution in [0.1, 0.15) is 12.0 Å². The Morgan fingerprint density at radius 1 is 1.03 bits per heavy atom. The van der Waals surface area contributed by atoms with Crippen LogP contribution in [0.2, 0.25) is 10.0 Å². The number of nitrogens with one attached hydrogen (secondary N) is 1. The minimum atomic E-state index is -5.08. The van der Waals surface area contributed by atoms with Crippen molar-refractivity contribution in [1.82, 2.24) is 10.2 Å². The van der Waals surface area contributed by atoms with Crippen LogP contribution in [0.15, 0.2) is 18.2 Å². The molecule has 30 heavy (non-hydrogen) atoms. The van der Waals surface area contributed by atoms with Crippen molar-refractivity contribution in [3.8, 4) is 0 Å². The van der Waals surface area contributed by atoms with Crippen molar-refractivity contribution < 1.29 is 46.1 Å². The van der Waals surface area contributed by atoms with Crippen LogP contribution in [-0.2, 0) is 16.1 Å². The number of benzene rings is 1. The molecule has 2 atom stereocenters. The van der Waals surface area contributed by atoms with Crippen LogP contribution in [0.3, 0.4) is 0 Å². The van der Waals surface area contributed by atoms with Gasteiger partial charge in [-0.3, -0.25) is 4.90 Å². The van der Waals surface area contributed by atoms with E-state index in [1.807, 2.05) is 12.1 Å². The number of carboxylic acid groups (broad SMARTS) is 2. The van der Waals surface area contributed by atoms with Crippen molar-refractivity contribution in [3.63, 3.8) is 0 Å². The second-order valence-corrected chi connectivity index (χ2v) is 7.09. The summed E-state index contributed by atoms with van der Waals surface area (Å²) < 4.78 is 63.5. The van der Waals surface area contributed by atoms with E-state index in [1.54, 1.807) is 0 Å². The summed E-state index contributed by atoms with van der Waals surface area (Å²) >= 11 is 11.9. The number of hydrogen-bond donors (Lipinski definition) is 3. The van der Waals surface area contributed by atoms with Crippen LogP contribution in [0, 0.1) is 0 Å². The summed E-state index contributed by atoms with van der Waals surface area (Å²) in [6.07, 6.45) is -8.87. The highest BCUT2D eigenvalue weighted by molar-refractivity contribution is 6.42. The summed E-state index contributed by atoms with van der Waals surface area (Å²) in [6, 6.07) is 7.33. The van der Waals surface area contributed by atoms with Gasteiger partial charge in [-0.2, -0.15) is 26.3 Å². The van der Waals surface area contributed by atoms with Crippen molar-refractivity contribution in [1.29, 1.82) is 0 Å². The van der Waals surface area contributed by atoms with E-state index >= 15 is 0 Å². The summed E-state index contributed by atoms with van der Waals surface area (Å²) in [5.41, 5.74) is 1.25. The summed E-state index contributed by atoms with van der Waals surface area (Å²) in [5, 5.41) is 19.0. The molecular formula is C16H16Cl2F6N2O4. The number of piperazine rings is 1. The molecule has 0 saturated carbocycles. The van der Waals surface area contributed by atoms with E-state index < -0.39 is 24.3 Å². The van der Waals surface area contributed by atoms with E-state index in [2.05, 4.69) is 16.3 Å². The van der Waals surface area contributed by atoms with Crippen molar-refractivity contribution >= 4 is 35.1 Å². The number of halogens is 8. The van der Waals surface area contributed by atoms with Crippen LogP contribution in [0.5, 0.6) is 0 Å². The largest absolute Gasteiger partial charge is 0.490 e. The van der Waals surface area contributed by atoms with Gasteiger partial charge in [-0.25, -0.2) is 9.59 Å². The second kappa shape index (κ2) is 10.5. The van der Waals surface area contributed by atoms with Crippen molar-refractivity contribution in [2.24, 2.45) is 0 Å². The Hall–Kier alpha value is -1.76. The Bertz CT molecular complexity index is 736. The van der Waals surface area contributed by atoms with Crippen LogP contribution >= 0.6 is 23.2 Å². The third kappa shape index (κ3) is 8.54. The lowest BCUT2D eigenvalue weighted by atomic mass is 10.2. The number of hydrogen-bond acceptors (Lipinski definition) is 4. The van der Waals surface area contributed by atoms with Gasteiger partial charge in [0.15, 0.2) is 0 Å². The van der Waals surface area contributed by atoms with E-state index in [9.17, 15) is 26.3 Å². The quantitative estimate of drug-likeness (QED) is 0.553. The van der Waals surface area contributed by atoms with Gasteiger partial charge in [0.05, 0.1) is 10.0 Å². The average Bonchev–Trinajstić information content (AvgIpc) is 3.20. The lowest BCUT2D eigenvalue weighted by Crippen LogP contribution is -2.42. The molecule has 2 bridgehead atoms. The Morgan fingerprint density at radius 3 is 1.87 bits per heavy atom. The van der Waals surface area contributed by atoms with Gasteiger partial charge in [0, 0.05) is 31.7 Å². The van der Waals surface area contributed by atoms with Crippen LogP contribution in [0.25, 0.3) is 0 Å². The Morgan fingerprint density at radius 2 is 1.53 bits per heavy atom. The minimum absolute atomic E-state index is 0.634. The molecule has 2 aliphatic heterocycles. The van der Waals surface area contributed by atoms with E-state index in [-0.39, 0.29) is 0 Å². The summed E-state index contributed by atoms with van der Waals surface area (Å²) in [4.78, 5) is 20.3.